The fourth-order valence-corrected chi connectivity index (χ4v) is 2.63. The van der Waals surface area contributed by atoms with E-state index in [1.54, 1.807) is 13.8 Å². The Hall–Kier alpha value is -3.26. The maximum Gasteiger partial charge on any atom is 0.328 e. The van der Waals surface area contributed by atoms with Crippen molar-refractivity contribution in [3.63, 3.8) is 0 Å². The summed E-state index contributed by atoms with van der Waals surface area (Å²) in [4.78, 5) is 70.3. The van der Waals surface area contributed by atoms with Gasteiger partial charge in [0.15, 0.2) is 0 Å². The molecule has 0 aliphatic heterocycles. The quantitative estimate of drug-likeness (QED) is 0.117. The Bertz CT molecular complexity index is 729. The summed E-state index contributed by atoms with van der Waals surface area (Å²) in [6.45, 7) is 2.43. The molecule has 14 heteroatoms. The van der Waals surface area contributed by atoms with Crippen molar-refractivity contribution in [3.8, 4) is 0 Å². The van der Waals surface area contributed by atoms with Crippen molar-refractivity contribution in [1.82, 2.24) is 16.0 Å². The van der Waals surface area contributed by atoms with Gasteiger partial charge < -0.3 is 42.1 Å². The van der Waals surface area contributed by atoms with E-state index in [9.17, 15) is 28.8 Å². The van der Waals surface area contributed by atoms with Crippen LogP contribution in [0.4, 0.5) is 0 Å². The Morgan fingerprint density at radius 2 is 1.30 bits per heavy atom. The zero-order valence-corrected chi connectivity index (χ0v) is 18.4. The molecule has 0 bridgehead atoms. The summed E-state index contributed by atoms with van der Waals surface area (Å²) in [5.41, 5.74) is 5.67. The molecular weight excluding hydrogens is 444 g/mol. The lowest BCUT2D eigenvalue weighted by molar-refractivity contribution is -0.144. The van der Waals surface area contributed by atoms with Crippen LogP contribution in [0.3, 0.4) is 0 Å². The first-order valence-electron chi connectivity index (χ1n) is 10.3. The predicted octanol–water partition coefficient (Wildman–Crippen LogP) is -2.38. The summed E-state index contributed by atoms with van der Waals surface area (Å²) in [6.07, 6.45) is -1.03. The summed E-state index contributed by atoms with van der Waals surface area (Å²) >= 11 is 0. The maximum atomic E-state index is 12.9. The Morgan fingerprint density at radius 3 is 1.76 bits per heavy atom. The van der Waals surface area contributed by atoms with Gasteiger partial charge in [-0.3, -0.25) is 24.0 Å². The molecule has 0 aromatic rings. The van der Waals surface area contributed by atoms with Crippen LogP contribution in [0.5, 0.6) is 0 Å². The van der Waals surface area contributed by atoms with Crippen LogP contribution in [0.25, 0.3) is 0 Å². The Balaban J connectivity index is 5.50. The first kappa shape index (κ1) is 29.7. The van der Waals surface area contributed by atoms with Gasteiger partial charge in [0, 0.05) is 12.8 Å². The molecule has 14 nitrogen and oxygen atoms in total. The second-order valence-corrected chi connectivity index (χ2v) is 7.49. The third-order valence-electron chi connectivity index (χ3n) is 4.88. The second kappa shape index (κ2) is 14.7. The van der Waals surface area contributed by atoms with Crippen molar-refractivity contribution >= 4 is 35.6 Å². The number of carbonyl (C=O) groups is 6. The normalized spacial score (nSPS) is 15.3. The highest BCUT2D eigenvalue weighted by molar-refractivity contribution is 5.94. The zero-order chi connectivity index (χ0) is 25.7. The standard InChI is InChI=1S/C19H32N4O10/c1-3-9(2)15(23-16(29)10(20)4-6-13(25)26)18(31)21-11(5-7-14(27)28)17(30)22-12(8-24)19(32)33/h9-12,15,24H,3-8,20H2,1-2H3,(H,21,31)(H,22,30)(H,23,29)(H,25,26)(H,27,28)(H,32,33). The molecule has 0 aromatic heterocycles. The summed E-state index contributed by atoms with van der Waals surface area (Å²) in [5.74, 6) is -7.06. The minimum Gasteiger partial charge on any atom is -0.481 e. The summed E-state index contributed by atoms with van der Waals surface area (Å²) in [7, 11) is 0. The van der Waals surface area contributed by atoms with Gasteiger partial charge in [0.05, 0.1) is 12.6 Å². The number of hydrogen-bond donors (Lipinski definition) is 8. The van der Waals surface area contributed by atoms with E-state index in [0.29, 0.717) is 6.42 Å². The largest absolute Gasteiger partial charge is 0.481 e. The monoisotopic (exact) mass is 476 g/mol. The average Bonchev–Trinajstić information content (AvgIpc) is 2.75. The molecule has 5 atom stereocenters. The van der Waals surface area contributed by atoms with Crippen molar-refractivity contribution in [1.29, 1.82) is 0 Å². The third kappa shape index (κ3) is 11.2. The van der Waals surface area contributed by atoms with Crippen LogP contribution < -0.4 is 21.7 Å². The van der Waals surface area contributed by atoms with Crippen LogP contribution in [0.1, 0.15) is 46.0 Å². The molecule has 0 aliphatic rings. The summed E-state index contributed by atoms with van der Waals surface area (Å²) in [5, 5.41) is 42.4. The fraction of sp³-hybridized carbons (Fsp3) is 0.684. The summed E-state index contributed by atoms with van der Waals surface area (Å²) < 4.78 is 0. The van der Waals surface area contributed by atoms with Crippen LogP contribution in [0.15, 0.2) is 0 Å². The van der Waals surface area contributed by atoms with Gasteiger partial charge >= 0.3 is 17.9 Å². The van der Waals surface area contributed by atoms with Crippen molar-refractivity contribution in [2.75, 3.05) is 6.61 Å². The van der Waals surface area contributed by atoms with Crippen molar-refractivity contribution in [3.05, 3.63) is 0 Å². The number of aliphatic hydroxyl groups is 1. The number of carboxylic acid groups (broad SMARTS) is 3. The molecule has 0 aromatic carbocycles. The van der Waals surface area contributed by atoms with E-state index in [1.807, 2.05) is 5.32 Å². The van der Waals surface area contributed by atoms with E-state index in [0.717, 1.165) is 0 Å². The number of nitrogens with one attached hydrogen (secondary N) is 3. The highest BCUT2D eigenvalue weighted by atomic mass is 16.4. The van der Waals surface area contributed by atoms with Crippen LogP contribution in [0, 0.1) is 5.92 Å². The number of carboxylic acids is 3. The molecule has 188 valence electrons. The molecule has 0 heterocycles. The van der Waals surface area contributed by atoms with Gasteiger partial charge in [0.2, 0.25) is 17.7 Å². The molecule has 0 rings (SSSR count). The molecular formula is C19H32N4O10. The third-order valence-corrected chi connectivity index (χ3v) is 4.88. The van der Waals surface area contributed by atoms with Gasteiger partial charge in [0.25, 0.3) is 0 Å². The molecule has 0 spiro atoms. The van der Waals surface area contributed by atoms with Crippen molar-refractivity contribution < 1.29 is 49.2 Å². The molecule has 0 saturated heterocycles. The van der Waals surface area contributed by atoms with E-state index in [1.165, 1.54) is 0 Å². The van der Waals surface area contributed by atoms with Crippen LogP contribution in [-0.4, -0.2) is 86.8 Å². The van der Waals surface area contributed by atoms with E-state index in [2.05, 4.69) is 10.6 Å². The number of carbonyl (C=O) groups excluding carboxylic acids is 3. The molecule has 3 amide bonds. The van der Waals surface area contributed by atoms with E-state index < -0.39 is 78.7 Å². The molecule has 9 N–H and O–H groups in total. The molecule has 0 radical (unpaired) electrons. The Morgan fingerprint density at radius 1 is 0.788 bits per heavy atom. The SMILES string of the molecule is CCC(C)C(NC(=O)C(N)CCC(=O)O)C(=O)NC(CCC(=O)O)C(=O)NC(CO)C(=O)O. The van der Waals surface area contributed by atoms with Gasteiger partial charge in [-0.05, 0) is 18.8 Å². The Kier molecular flexibility index (Phi) is 13.3. The predicted molar refractivity (Wildman–Crippen MR) is 112 cm³/mol. The number of aliphatic hydroxyl groups excluding tert-OH is 1. The van der Waals surface area contributed by atoms with Gasteiger partial charge in [-0.2, -0.15) is 0 Å². The average molecular weight is 476 g/mol. The van der Waals surface area contributed by atoms with Crippen LogP contribution in [0.2, 0.25) is 0 Å². The minimum absolute atomic E-state index is 0.169. The fourth-order valence-electron chi connectivity index (χ4n) is 2.63. The number of hydrogen-bond acceptors (Lipinski definition) is 8. The first-order chi connectivity index (χ1) is 15.3. The van der Waals surface area contributed by atoms with Crippen LogP contribution >= 0.6 is 0 Å². The van der Waals surface area contributed by atoms with Crippen molar-refractivity contribution in [2.45, 2.75) is 70.1 Å². The number of amides is 3. The number of nitrogens with two attached hydrogens (primary N) is 1. The molecule has 33 heavy (non-hydrogen) atoms. The van der Waals surface area contributed by atoms with Gasteiger partial charge in [-0.15, -0.1) is 0 Å². The summed E-state index contributed by atoms with van der Waals surface area (Å²) in [6, 6.07) is -5.52. The van der Waals surface area contributed by atoms with Crippen LogP contribution in [-0.2, 0) is 28.8 Å². The molecule has 5 unspecified atom stereocenters. The molecule has 0 fully saturated rings. The topological polar surface area (TPSA) is 245 Å². The lowest BCUT2D eigenvalue weighted by Gasteiger charge is -2.27. The van der Waals surface area contributed by atoms with E-state index >= 15 is 0 Å². The van der Waals surface area contributed by atoms with Gasteiger partial charge in [0.1, 0.15) is 18.1 Å². The van der Waals surface area contributed by atoms with Gasteiger partial charge in [-0.1, -0.05) is 20.3 Å². The van der Waals surface area contributed by atoms with E-state index in [4.69, 9.17) is 26.2 Å². The minimum atomic E-state index is -1.67. The highest BCUT2D eigenvalue weighted by Gasteiger charge is 2.32. The molecule has 0 aliphatic carbocycles. The maximum absolute atomic E-state index is 12.9. The van der Waals surface area contributed by atoms with Crippen molar-refractivity contribution in [2.24, 2.45) is 11.7 Å². The lowest BCUT2D eigenvalue weighted by Crippen LogP contribution is -2.59. The number of aliphatic carboxylic acids is 3. The number of rotatable bonds is 16. The second-order valence-electron chi connectivity index (χ2n) is 7.49. The van der Waals surface area contributed by atoms with E-state index in [-0.39, 0.29) is 19.3 Å². The zero-order valence-electron chi connectivity index (χ0n) is 18.4. The molecule has 0 saturated carbocycles. The highest BCUT2D eigenvalue weighted by Crippen LogP contribution is 2.10. The smallest absolute Gasteiger partial charge is 0.328 e. The van der Waals surface area contributed by atoms with Gasteiger partial charge in [-0.25, -0.2) is 4.79 Å². The first-order valence-corrected chi connectivity index (χ1v) is 10.3. The Labute approximate surface area is 189 Å². The lowest BCUT2D eigenvalue weighted by atomic mass is 9.97.